The van der Waals surface area contributed by atoms with Gasteiger partial charge in [0.15, 0.2) is 0 Å². The van der Waals surface area contributed by atoms with Crippen molar-refractivity contribution in [3.05, 3.63) is 64.5 Å². The van der Waals surface area contributed by atoms with E-state index in [0.29, 0.717) is 10.0 Å². The lowest BCUT2D eigenvalue weighted by Crippen LogP contribution is -2.13. The molecule has 0 spiro atoms. The monoisotopic (exact) mass is 407 g/mol. The Kier molecular flexibility index (Phi) is 5.18. The minimum Gasteiger partial charge on any atom is -0.339 e. The first-order chi connectivity index (χ1) is 12.0. The smallest absolute Gasteiger partial charge is 0.227 e. The molecule has 2 aromatic carbocycles. The zero-order valence-corrected chi connectivity index (χ0v) is 14.4. The number of halogens is 3. The van der Waals surface area contributed by atoms with E-state index in [1.54, 1.807) is 18.2 Å². The Morgan fingerprint density at radius 2 is 2.04 bits per heavy atom. The Balaban J connectivity index is 1.59. The molecule has 0 aliphatic rings. The van der Waals surface area contributed by atoms with Gasteiger partial charge in [0.2, 0.25) is 17.6 Å². The molecular formula is C17H12BrF2N3O2. The second-order valence-electron chi connectivity index (χ2n) is 5.19. The molecular weight excluding hydrogens is 396 g/mol. The topological polar surface area (TPSA) is 68.0 Å². The molecule has 0 saturated carbocycles. The summed E-state index contributed by atoms with van der Waals surface area (Å²) in [4.78, 5) is 16.0. The third kappa shape index (κ3) is 4.48. The van der Waals surface area contributed by atoms with Gasteiger partial charge < -0.3 is 9.84 Å². The summed E-state index contributed by atoms with van der Waals surface area (Å²) in [5, 5.41) is 6.24. The van der Waals surface area contributed by atoms with Gasteiger partial charge in [0.1, 0.15) is 11.6 Å². The molecule has 128 valence electrons. The van der Waals surface area contributed by atoms with Crippen molar-refractivity contribution >= 4 is 27.5 Å². The van der Waals surface area contributed by atoms with Crippen LogP contribution in [0.1, 0.15) is 12.3 Å². The highest BCUT2D eigenvalue weighted by Gasteiger charge is 2.12. The van der Waals surface area contributed by atoms with E-state index in [1.807, 2.05) is 0 Å². The number of rotatable bonds is 5. The molecule has 0 aliphatic heterocycles. The summed E-state index contributed by atoms with van der Waals surface area (Å²) in [6, 6.07) is 10.2. The lowest BCUT2D eigenvalue weighted by molar-refractivity contribution is -0.116. The van der Waals surface area contributed by atoms with Gasteiger partial charge in [-0.1, -0.05) is 33.2 Å². The van der Waals surface area contributed by atoms with E-state index in [0.717, 1.165) is 0 Å². The molecule has 1 aromatic heterocycles. The van der Waals surface area contributed by atoms with Crippen LogP contribution >= 0.6 is 15.9 Å². The van der Waals surface area contributed by atoms with Gasteiger partial charge in [0, 0.05) is 22.9 Å². The maximum atomic E-state index is 13.7. The number of aromatic nitrogens is 2. The van der Waals surface area contributed by atoms with Crippen molar-refractivity contribution < 1.29 is 18.1 Å². The summed E-state index contributed by atoms with van der Waals surface area (Å²) >= 11 is 3.15. The Morgan fingerprint density at radius 3 is 2.80 bits per heavy atom. The highest BCUT2D eigenvalue weighted by Crippen LogP contribution is 2.20. The molecule has 0 saturated heterocycles. The fourth-order valence-electron chi connectivity index (χ4n) is 2.13. The molecule has 3 rings (SSSR count). The van der Waals surface area contributed by atoms with Crippen LogP contribution in [0.15, 0.2) is 51.5 Å². The predicted molar refractivity (Wildman–Crippen MR) is 90.7 cm³/mol. The standard InChI is InChI=1S/C17H12BrF2N3O2/c18-11-4-5-14(13(20)9-11)21-15(24)6-7-16-22-17(23-25-16)10-2-1-3-12(19)8-10/h1-5,8-9H,6-7H2,(H,21,24). The Morgan fingerprint density at radius 1 is 1.20 bits per heavy atom. The molecule has 1 heterocycles. The molecule has 1 N–H and O–H groups in total. The Hall–Kier alpha value is -2.61. The SMILES string of the molecule is O=C(CCc1nc(-c2cccc(F)c2)no1)Nc1ccc(Br)cc1F. The number of nitrogens with one attached hydrogen (secondary N) is 1. The minimum atomic E-state index is -0.533. The van der Waals surface area contributed by atoms with Gasteiger partial charge in [-0.2, -0.15) is 4.98 Å². The lowest BCUT2D eigenvalue weighted by Gasteiger charge is -2.05. The number of amides is 1. The fourth-order valence-corrected chi connectivity index (χ4v) is 2.46. The molecule has 0 aliphatic carbocycles. The second-order valence-corrected chi connectivity index (χ2v) is 6.11. The van der Waals surface area contributed by atoms with Gasteiger partial charge in [-0.3, -0.25) is 4.79 Å². The quantitative estimate of drug-likeness (QED) is 0.682. The van der Waals surface area contributed by atoms with Crippen LogP contribution in [0.4, 0.5) is 14.5 Å². The summed E-state index contributed by atoms with van der Waals surface area (Å²) in [5.74, 6) is -0.833. The molecule has 25 heavy (non-hydrogen) atoms. The van der Waals surface area contributed by atoms with E-state index in [1.165, 1.54) is 24.3 Å². The van der Waals surface area contributed by atoms with Crippen molar-refractivity contribution in [3.8, 4) is 11.4 Å². The second kappa shape index (κ2) is 7.52. The zero-order valence-electron chi connectivity index (χ0n) is 12.8. The van der Waals surface area contributed by atoms with Crippen molar-refractivity contribution in [2.75, 3.05) is 5.32 Å². The van der Waals surface area contributed by atoms with Gasteiger partial charge in [-0.05, 0) is 30.3 Å². The maximum Gasteiger partial charge on any atom is 0.227 e. The number of carbonyl (C=O) groups is 1. The van der Waals surface area contributed by atoms with Crippen molar-refractivity contribution in [1.29, 1.82) is 0 Å². The van der Waals surface area contributed by atoms with E-state index in [2.05, 4.69) is 31.4 Å². The number of nitrogens with zero attached hydrogens (tertiary/aromatic N) is 2. The van der Waals surface area contributed by atoms with Gasteiger partial charge in [0.25, 0.3) is 0 Å². The van der Waals surface area contributed by atoms with Crippen molar-refractivity contribution in [3.63, 3.8) is 0 Å². The van der Waals surface area contributed by atoms with Crippen LogP contribution in [0.3, 0.4) is 0 Å². The van der Waals surface area contributed by atoms with Crippen molar-refractivity contribution in [2.45, 2.75) is 12.8 Å². The molecule has 0 unspecified atom stereocenters. The van der Waals surface area contributed by atoms with Crippen LogP contribution in [0.5, 0.6) is 0 Å². The third-order valence-electron chi connectivity index (χ3n) is 3.32. The molecule has 0 bridgehead atoms. The summed E-state index contributed by atoms with van der Waals surface area (Å²) in [6.45, 7) is 0. The highest BCUT2D eigenvalue weighted by atomic mass is 79.9. The first kappa shape index (κ1) is 17.2. The normalized spacial score (nSPS) is 10.7. The number of benzene rings is 2. The largest absolute Gasteiger partial charge is 0.339 e. The molecule has 8 heteroatoms. The van der Waals surface area contributed by atoms with E-state index in [-0.39, 0.29) is 36.2 Å². The van der Waals surface area contributed by atoms with Crippen molar-refractivity contribution in [1.82, 2.24) is 10.1 Å². The molecule has 1 amide bonds. The molecule has 0 atom stereocenters. The van der Waals surface area contributed by atoms with Crippen LogP contribution < -0.4 is 5.32 Å². The lowest BCUT2D eigenvalue weighted by atomic mass is 10.2. The first-order valence-corrected chi connectivity index (χ1v) is 8.14. The number of hydrogen-bond donors (Lipinski definition) is 1. The van der Waals surface area contributed by atoms with E-state index < -0.39 is 11.6 Å². The van der Waals surface area contributed by atoms with Crippen LogP contribution in [0.2, 0.25) is 0 Å². The Bertz CT molecular complexity index is 914. The van der Waals surface area contributed by atoms with Crippen LogP contribution in [0.25, 0.3) is 11.4 Å². The van der Waals surface area contributed by atoms with Gasteiger partial charge in [-0.25, -0.2) is 8.78 Å². The maximum absolute atomic E-state index is 13.7. The van der Waals surface area contributed by atoms with Crippen LogP contribution in [-0.2, 0) is 11.2 Å². The number of carbonyl (C=O) groups excluding carboxylic acids is 1. The molecule has 0 radical (unpaired) electrons. The van der Waals surface area contributed by atoms with E-state index in [9.17, 15) is 13.6 Å². The number of aryl methyl sites for hydroxylation is 1. The van der Waals surface area contributed by atoms with Crippen LogP contribution in [0, 0.1) is 11.6 Å². The fraction of sp³-hybridized carbons (Fsp3) is 0.118. The number of anilines is 1. The minimum absolute atomic E-state index is 0.0420. The molecule has 0 fully saturated rings. The van der Waals surface area contributed by atoms with Gasteiger partial charge in [-0.15, -0.1) is 0 Å². The predicted octanol–water partition coefficient (Wildman–Crippen LogP) is 4.35. The van der Waals surface area contributed by atoms with E-state index >= 15 is 0 Å². The van der Waals surface area contributed by atoms with Gasteiger partial charge in [0.05, 0.1) is 5.69 Å². The van der Waals surface area contributed by atoms with Crippen molar-refractivity contribution in [2.24, 2.45) is 0 Å². The average Bonchev–Trinajstić information content (AvgIpc) is 3.05. The Labute approximate surface area is 150 Å². The van der Waals surface area contributed by atoms with E-state index in [4.69, 9.17) is 4.52 Å². The summed E-state index contributed by atoms with van der Waals surface area (Å²) in [7, 11) is 0. The highest BCUT2D eigenvalue weighted by molar-refractivity contribution is 9.10. The third-order valence-corrected chi connectivity index (χ3v) is 3.82. The summed E-state index contributed by atoms with van der Waals surface area (Å²) in [6.07, 6.45) is 0.229. The molecule has 3 aromatic rings. The number of hydrogen-bond acceptors (Lipinski definition) is 4. The molecule has 5 nitrogen and oxygen atoms in total. The van der Waals surface area contributed by atoms with Gasteiger partial charge >= 0.3 is 0 Å². The zero-order chi connectivity index (χ0) is 17.8. The summed E-state index contributed by atoms with van der Waals surface area (Å²) in [5.41, 5.74) is 0.579. The summed E-state index contributed by atoms with van der Waals surface area (Å²) < 4.78 is 32.5. The first-order valence-electron chi connectivity index (χ1n) is 7.35. The average molecular weight is 408 g/mol. The van der Waals surface area contributed by atoms with Crippen LogP contribution in [-0.4, -0.2) is 16.0 Å².